The van der Waals surface area contributed by atoms with E-state index in [0.717, 1.165) is 29.8 Å². The summed E-state index contributed by atoms with van der Waals surface area (Å²) in [6, 6.07) is 19.8. The second-order valence-electron chi connectivity index (χ2n) is 9.01. The van der Waals surface area contributed by atoms with Crippen LogP contribution in [0.3, 0.4) is 0 Å². The highest BCUT2D eigenvalue weighted by atomic mass is 35.5. The van der Waals surface area contributed by atoms with Crippen LogP contribution in [-0.2, 0) is 6.54 Å². The van der Waals surface area contributed by atoms with Crippen LogP contribution in [0.25, 0.3) is 33.4 Å². The summed E-state index contributed by atoms with van der Waals surface area (Å²) in [5.74, 6) is 0.508. The van der Waals surface area contributed by atoms with Crippen molar-refractivity contribution < 1.29 is 5.11 Å². The molecule has 0 aliphatic rings. The fourth-order valence-electron chi connectivity index (χ4n) is 4.30. The maximum Gasteiger partial charge on any atom is 0.260 e. The predicted octanol–water partition coefficient (Wildman–Crippen LogP) is 5.67. The van der Waals surface area contributed by atoms with Gasteiger partial charge in [0, 0.05) is 51.2 Å². The Morgan fingerprint density at radius 1 is 1.00 bits per heavy atom. The van der Waals surface area contributed by atoms with E-state index in [1.54, 1.807) is 41.1 Å². The number of anilines is 2. The number of hydrogen-bond acceptors (Lipinski definition) is 7. The lowest BCUT2D eigenvalue weighted by Crippen LogP contribution is -2.24. The molecule has 192 valence electrons. The fourth-order valence-corrected chi connectivity index (χ4v) is 4.59. The number of nitrogens with zero attached hydrogens (tertiary/aromatic N) is 4. The molecule has 8 nitrogen and oxygen atoms in total. The Morgan fingerprint density at radius 3 is 2.55 bits per heavy atom. The molecule has 5 aromatic rings. The first-order valence-electron chi connectivity index (χ1n) is 12.3. The highest BCUT2D eigenvalue weighted by Crippen LogP contribution is 2.32. The summed E-state index contributed by atoms with van der Waals surface area (Å²) >= 11 is 6.73. The zero-order valence-corrected chi connectivity index (χ0v) is 21.6. The summed E-state index contributed by atoms with van der Waals surface area (Å²) in [6.07, 6.45) is 3.19. The minimum Gasteiger partial charge on any atom is -0.508 e. The Labute approximate surface area is 224 Å². The smallest absolute Gasteiger partial charge is 0.260 e. The molecule has 9 heteroatoms. The molecule has 0 aliphatic carbocycles. The number of nitrogens with two attached hydrogens (primary N) is 1. The molecule has 38 heavy (non-hydrogen) atoms. The number of aromatic nitrogens is 4. The normalized spacial score (nSPS) is 11.1. The van der Waals surface area contributed by atoms with Gasteiger partial charge < -0.3 is 16.2 Å². The average Bonchev–Trinajstić information content (AvgIpc) is 2.91. The number of fused-ring (bicyclic) bond motifs is 1. The number of aromatic hydroxyl groups is 1. The van der Waals surface area contributed by atoms with Crippen molar-refractivity contribution in [2.45, 2.75) is 26.3 Å². The maximum atomic E-state index is 13.8. The van der Waals surface area contributed by atoms with Crippen LogP contribution in [-0.4, -0.2) is 31.2 Å². The number of unbranched alkanes of at least 4 members (excludes halogenated alkanes) is 1. The van der Waals surface area contributed by atoms with Gasteiger partial charge in [0.15, 0.2) is 0 Å². The molecule has 0 atom stereocenters. The number of pyridine rings is 2. The van der Waals surface area contributed by atoms with Gasteiger partial charge in [-0.1, -0.05) is 29.8 Å². The Kier molecular flexibility index (Phi) is 7.35. The lowest BCUT2D eigenvalue weighted by atomic mass is 10.0. The molecule has 0 amide bonds. The lowest BCUT2D eigenvalue weighted by Gasteiger charge is -2.14. The Morgan fingerprint density at radius 2 is 1.82 bits per heavy atom. The molecule has 0 saturated heterocycles. The van der Waals surface area contributed by atoms with Gasteiger partial charge in [0.2, 0.25) is 5.95 Å². The largest absolute Gasteiger partial charge is 0.508 e. The molecule has 4 N–H and O–H groups in total. The third kappa shape index (κ3) is 5.37. The van der Waals surface area contributed by atoms with Crippen molar-refractivity contribution in [3.05, 3.63) is 94.0 Å². The van der Waals surface area contributed by atoms with Crippen LogP contribution in [0.5, 0.6) is 5.75 Å². The topological polar surface area (TPSA) is 119 Å². The van der Waals surface area contributed by atoms with Gasteiger partial charge in [-0.05, 0) is 74.8 Å². The van der Waals surface area contributed by atoms with Gasteiger partial charge in [0.25, 0.3) is 5.56 Å². The zero-order chi connectivity index (χ0) is 26.6. The van der Waals surface area contributed by atoms with Gasteiger partial charge in [-0.2, -0.15) is 4.98 Å². The van der Waals surface area contributed by atoms with Crippen LogP contribution in [0.2, 0.25) is 5.02 Å². The Balaban J connectivity index is 1.58. The van der Waals surface area contributed by atoms with E-state index in [2.05, 4.69) is 20.3 Å². The molecule has 0 bridgehead atoms. The summed E-state index contributed by atoms with van der Waals surface area (Å²) in [4.78, 5) is 27.5. The lowest BCUT2D eigenvalue weighted by molar-refractivity contribution is 0.475. The number of halogens is 1. The third-order valence-electron chi connectivity index (χ3n) is 6.23. The molecule has 3 heterocycles. The first kappa shape index (κ1) is 25.4. The second kappa shape index (κ2) is 11.0. The summed E-state index contributed by atoms with van der Waals surface area (Å²) in [5, 5.41) is 13.8. The Hall–Kier alpha value is -4.27. The summed E-state index contributed by atoms with van der Waals surface area (Å²) < 4.78 is 1.66. The van der Waals surface area contributed by atoms with E-state index < -0.39 is 0 Å². The fraction of sp³-hybridized carbons (Fsp3) is 0.172. The third-order valence-corrected chi connectivity index (χ3v) is 6.54. The number of phenolic OH excluding ortho intramolecular Hbond substituents is 1. The minimum atomic E-state index is -0.188. The second-order valence-corrected chi connectivity index (χ2v) is 9.42. The molecular formula is C29H27ClN6O2. The van der Waals surface area contributed by atoms with Gasteiger partial charge in [-0.15, -0.1) is 0 Å². The molecule has 0 aliphatic heterocycles. The maximum absolute atomic E-state index is 13.8. The molecule has 0 saturated carbocycles. The number of hydrogen-bond donors (Lipinski definition) is 3. The van der Waals surface area contributed by atoms with Gasteiger partial charge in [0.05, 0.1) is 5.69 Å². The highest BCUT2D eigenvalue weighted by molar-refractivity contribution is 6.33. The van der Waals surface area contributed by atoms with Crippen molar-refractivity contribution in [2.75, 3.05) is 11.9 Å². The van der Waals surface area contributed by atoms with Crippen molar-refractivity contribution >= 4 is 34.3 Å². The predicted molar refractivity (Wildman–Crippen MR) is 152 cm³/mol. The number of nitrogens with one attached hydrogen (secondary N) is 1. The molecule has 5 rings (SSSR count). The highest BCUT2D eigenvalue weighted by Gasteiger charge is 2.16. The minimum absolute atomic E-state index is 0.165. The molecule has 0 unspecified atom stereocenters. The molecule has 0 radical (unpaired) electrons. The van der Waals surface area contributed by atoms with Crippen LogP contribution in [0.4, 0.5) is 11.6 Å². The van der Waals surface area contributed by atoms with Crippen LogP contribution < -0.4 is 16.6 Å². The van der Waals surface area contributed by atoms with Gasteiger partial charge in [0.1, 0.15) is 11.4 Å². The van der Waals surface area contributed by atoms with Crippen molar-refractivity contribution in [3.8, 4) is 28.1 Å². The van der Waals surface area contributed by atoms with Gasteiger partial charge in [-0.3, -0.25) is 14.3 Å². The summed E-state index contributed by atoms with van der Waals surface area (Å²) in [6.45, 7) is 2.93. The van der Waals surface area contributed by atoms with E-state index in [-0.39, 0.29) is 11.3 Å². The monoisotopic (exact) mass is 526 g/mol. The number of benzene rings is 2. The van der Waals surface area contributed by atoms with Crippen LogP contribution in [0.15, 0.2) is 77.7 Å². The number of aryl methyl sites for hydroxylation is 2. The van der Waals surface area contributed by atoms with Gasteiger partial charge >= 0.3 is 0 Å². The molecule has 2 aromatic carbocycles. The van der Waals surface area contributed by atoms with Crippen LogP contribution in [0, 0.1) is 6.92 Å². The molecule has 0 fully saturated rings. The first-order chi connectivity index (χ1) is 18.4. The SMILES string of the molecule is Cc1cccc(-c2ccc(-c3cc4cnc(Nc5ccc(O)cc5)nc4n(CCCCN)c3=O)c(Cl)c2)n1. The standard InChI is InChI=1S/C29H27ClN6O2/c1-18-5-4-6-26(33-18)19-7-12-23(25(30)16-19)24-15-20-17-32-29(34-21-8-10-22(37)11-9-21)35-27(20)36(28(24)38)14-3-2-13-31/h4-12,15-17,37H,2-3,13-14,31H2,1H3,(H,32,34,35). The molecule has 3 aromatic heterocycles. The summed E-state index contributed by atoms with van der Waals surface area (Å²) in [5.41, 5.74) is 10.5. The van der Waals surface area contributed by atoms with Crippen molar-refractivity contribution in [3.63, 3.8) is 0 Å². The van der Waals surface area contributed by atoms with E-state index in [1.165, 1.54) is 0 Å². The number of rotatable bonds is 8. The first-order valence-corrected chi connectivity index (χ1v) is 12.7. The zero-order valence-electron chi connectivity index (χ0n) is 20.9. The Bertz CT molecular complexity index is 1670. The molecular weight excluding hydrogens is 500 g/mol. The van der Waals surface area contributed by atoms with Gasteiger partial charge in [-0.25, -0.2) is 4.98 Å². The van der Waals surface area contributed by atoms with Crippen molar-refractivity contribution in [1.82, 2.24) is 19.5 Å². The van der Waals surface area contributed by atoms with E-state index in [1.807, 2.05) is 43.3 Å². The van der Waals surface area contributed by atoms with E-state index in [4.69, 9.17) is 17.3 Å². The van der Waals surface area contributed by atoms with Crippen LogP contribution >= 0.6 is 11.6 Å². The van der Waals surface area contributed by atoms with Crippen molar-refractivity contribution in [2.24, 2.45) is 5.73 Å². The summed E-state index contributed by atoms with van der Waals surface area (Å²) in [7, 11) is 0. The molecule has 0 spiro atoms. The van der Waals surface area contributed by atoms with E-state index >= 15 is 0 Å². The average molecular weight is 527 g/mol. The van der Waals surface area contributed by atoms with E-state index in [9.17, 15) is 9.90 Å². The van der Waals surface area contributed by atoms with E-state index in [0.29, 0.717) is 51.9 Å². The van der Waals surface area contributed by atoms with Crippen LogP contribution in [0.1, 0.15) is 18.5 Å². The quantitative estimate of drug-likeness (QED) is 0.176. The van der Waals surface area contributed by atoms with Crippen molar-refractivity contribution in [1.29, 1.82) is 0 Å². The number of phenols is 1.